The quantitative estimate of drug-likeness (QED) is 0.508. The monoisotopic (exact) mass is 513 g/mol. The number of carbonyl (C=O) groups is 3. The van der Waals surface area contributed by atoms with E-state index in [1.165, 1.54) is 7.11 Å². The normalized spacial score (nSPS) is 29.2. The van der Waals surface area contributed by atoms with Crippen LogP contribution in [0.2, 0.25) is 5.02 Å². The summed E-state index contributed by atoms with van der Waals surface area (Å²) in [5, 5.41) is 6.54. The molecule has 4 atom stereocenters. The van der Waals surface area contributed by atoms with Crippen molar-refractivity contribution in [1.29, 1.82) is 0 Å². The van der Waals surface area contributed by atoms with Crippen LogP contribution in [0.3, 0.4) is 0 Å². The van der Waals surface area contributed by atoms with Crippen LogP contribution >= 0.6 is 11.6 Å². The van der Waals surface area contributed by atoms with E-state index < -0.39 is 16.9 Å². The highest BCUT2D eigenvalue weighted by Crippen LogP contribution is 2.68. The van der Waals surface area contributed by atoms with E-state index in [1.807, 2.05) is 30.3 Å². The molecule has 8 heteroatoms. The van der Waals surface area contributed by atoms with Gasteiger partial charge in [-0.25, -0.2) is 0 Å². The Hall–Kier alpha value is -3.68. The lowest BCUT2D eigenvalue weighted by molar-refractivity contribution is -0.137. The van der Waals surface area contributed by atoms with Crippen LogP contribution in [-0.4, -0.2) is 42.2 Å². The number of benzene rings is 3. The number of carbonyl (C=O) groups excluding carboxylic acids is 3. The number of rotatable bonds is 3. The van der Waals surface area contributed by atoms with Crippen molar-refractivity contribution in [3.63, 3.8) is 0 Å². The van der Waals surface area contributed by atoms with Gasteiger partial charge < -0.3 is 15.4 Å². The molecule has 2 fully saturated rings. The van der Waals surface area contributed by atoms with Gasteiger partial charge in [-0.05, 0) is 61.3 Å². The molecular formula is C29H24ClN3O4. The molecule has 0 saturated carbocycles. The molecule has 0 bridgehead atoms. The van der Waals surface area contributed by atoms with Crippen LogP contribution < -0.4 is 15.4 Å². The summed E-state index contributed by atoms with van der Waals surface area (Å²) in [6.45, 7) is 0.580. The van der Waals surface area contributed by atoms with E-state index in [4.69, 9.17) is 16.3 Å². The van der Waals surface area contributed by atoms with E-state index in [0.29, 0.717) is 51.8 Å². The largest absolute Gasteiger partial charge is 0.496 e. The molecule has 4 heterocycles. The number of ketones is 1. The fourth-order valence-corrected chi connectivity index (χ4v) is 7.74. The van der Waals surface area contributed by atoms with Gasteiger partial charge in [0.15, 0.2) is 5.78 Å². The van der Waals surface area contributed by atoms with Gasteiger partial charge in [0.1, 0.15) is 16.7 Å². The minimum atomic E-state index is -1.51. The number of nitrogens with one attached hydrogen (secondary N) is 2. The predicted molar refractivity (Wildman–Crippen MR) is 139 cm³/mol. The molecule has 7 rings (SSSR count). The standard InChI is InChI=1S/C29H24ClN3O4/c1-37-23-11-5-2-7-17(23)25(34)24-22-10-6-14-33(22)29(19-15-16(30)12-13-21(19)32-27(29)36)28(24)18-8-3-4-9-20(18)31-26(28)35/h2-5,7-9,11-13,15,22,24H,6,10,14H2,1H3,(H,31,35)(H,32,36). The average molecular weight is 514 g/mol. The first kappa shape index (κ1) is 22.5. The van der Waals surface area contributed by atoms with Crippen molar-refractivity contribution >= 4 is 40.6 Å². The highest BCUT2D eigenvalue weighted by molar-refractivity contribution is 6.31. The number of Topliss-reactive ketones (excluding diaryl/α,β-unsaturated/α-hetero) is 1. The number of para-hydroxylation sites is 2. The smallest absolute Gasteiger partial charge is 0.251 e. The number of halogens is 1. The van der Waals surface area contributed by atoms with Crippen molar-refractivity contribution in [3.8, 4) is 5.75 Å². The number of methoxy groups -OCH3 is 1. The van der Waals surface area contributed by atoms with E-state index in [1.54, 1.807) is 36.4 Å². The van der Waals surface area contributed by atoms with Crippen LogP contribution in [0, 0.1) is 5.92 Å². The minimum absolute atomic E-state index is 0.207. The van der Waals surface area contributed by atoms with E-state index in [9.17, 15) is 14.4 Å². The second kappa shape index (κ2) is 7.66. The van der Waals surface area contributed by atoms with Crippen molar-refractivity contribution in [1.82, 2.24) is 4.90 Å². The Bertz CT molecular complexity index is 1520. The summed E-state index contributed by atoms with van der Waals surface area (Å²) in [7, 11) is 1.53. The van der Waals surface area contributed by atoms with Gasteiger partial charge in [0, 0.05) is 28.0 Å². The summed E-state index contributed by atoms with van der Waals surface area (Å²) in [6, 6.07) is 19.4. The highest BCUT2D eigenvalue weighted by atomic mass is 35.5. The molecule has 4 aliphatic rings. The summed E-state index contributed by atoms with van der Waals surface area (Å²) in [5.41, 5.74) is -0.0129. The van der Waals surface area contributed by atoms with Crippen LogP contribution in [-0.2, 0) is 20.5 Å². The maximum Gasteiger partial charge on any atom is 0.251 e. The summed E-state index contributed by atoms with van der Waals surface area (Å²) in [5.74, 6) is -1.25. The van der Waals surface area contributed by atoms with Crippen LogP contribution in [0.15, 0.2) is 66.7 Å². The molecule has 0 radical (unpaired) electrons. The molecule has 37 heavy (non-hydrogen) atoms. The first-order valence-electron chi connectivity index (χ1n) is 12.4. The van der Waals surface area contributed by atoms with Crippen LogP contribution in [0.1, 0.15) is 34.3 Å². The van der Waals surface area contributed by atoms with Crippen LogP contribution in [0.25, 0.3) is 0 Å². The Morgan fingerprint density at radius 3 is 2.54 bits per heavy atom. The summed E-state index contributed by atoms with van der Waals surface area (Å²) in [6.07, 6.45) is 1.50. The average Bonchev–Trinajstić information content (AvgIpc) is 3.62. The van der Waals surface area contributed by atoms with Gasteiger partial charge in [-0.1, -0.05) is 41.9 Å². The van der Waals surface area contributed by atoms with Crippen LogP contribution in [0.5, 0.6) is 5.75 Å². The number of hydrogen-bond donors (Lipinski definition) is 2. The summed E-state index contributed by atoms with van der Waals surface area (Å²) < 4.78 is 5.56. The van der Waals surface area contributed by atoms with Crippen molar-refractivity contribution < 1.29 is 19.1 Å². The number of fused-ring (bicyclic) bond motifs is 7. The van der Waals surface area contributed by atoms with Gasteiger partial charge in [0.2, 0.25) is 5.91 Å². The van der Waals surface area contributed by atoms with Crippen LogP contribution in [0.4, 0.5) is 11.4 Å². The molecule has 186 valence electrons. The van der Waals surface area contributed by atoms with E-state index in [0.717, 1.165) is 6.42 Å². The molecule has 2 saturated heterocycles. The van der Waals surface area contributed by atoms with Crippen molar-refractivity contribution in [2.75, 3.05) is 24.3 Å². The Morgan fingerprint density at radius 1 is 0.973 bits per heavy atom. The predicted octanol–water partition coefficient (Wildman–Crippen LogP) is 4.36. The zero-order chi connectivity index (χ0) is 25.5. The third-order valence-corrected chi connectivity index (χ3v) is 8.95. The molecule has 2 N–H and O–H groups in total. The zero-order valence-corrected chi connectivity index (χ0v) is 20.8. The van der Waals surface area contributed by atoms with Crippen molar-refractivity contribution in [2.24, 2.45) is 5.92 Å². The van der Waals surface area contributed by atoms with Gasteiger partial charge in [-0.15, -0.1) is 0 Å². The molecule has 2 spiro atoms. The lowest BCUT2D eigenvalue weighted by atomic mass is 9.57. The van der Waals surface area contributed by atoms with Gasteiger partial charge in [0.05, 0.1) is 18.6 Å². The Balaban J connectivity index is 1.60. The molecule has 2 amide bonds. The summed E-state index contributed by atoms with van der Waals surface area (Å²) in [4.78, 5) is 45.6. The highest BCUT2D eigenvalue weighted by Gasteiger charge is 2.81. The lowest BCUT2D eigenvalue weighted by Gasteiger charge is -2.43. The fourth-order valence-electron chi connectivity index (χ4n) is 7.57. The molecule has 0 aromatic heterocycles. The number of anilines is 2. The van der Waals surface area contributed by atoms with E-state index >= 15 is 0 Å². The minimum Gasteiger partial charge on any atom is -0.496 e. The Labute approximate surface area is 218 Å². The summed E-state index contributed by atoms with van der Waals surface area (Å²) >= 11 is 6.50. The fraction of sp³-hybridized carbons (Fsp3) is 0.276. The second-order valence-corrected chi connectivity index (χ2v) is 10.5. The molecular weight excluding hydrogens is 490 g/mol. The van der Waals surface area contributed by atoms with Crippen molar-refractivity contribution in [3.05, 3.63) is 88.4 Å². The first-order chi connectivity index (χ1) is 18.0. The lowest BCUT2D eigenvalue weighted by Crippen LogP contribution is -2.62. The first-order valence-corrected chi connectivity index (χ1v) is 12.8. The molecule has 4 aliphatic heterocycles. The molecule has 7 nitrogen and oxygen atoms in total. The molecule has 3 aromatic rings. The molecule has 3 aromatic carbocycles. The maximum atomic E-state index is 14.7. The topological polar surface area (TPSA) is 87.7 Å². The Kier molecular flexibility index (Phi) is 4.66. The van der Waals surface area contributed by atoms with E-state index in [2.05, 4.69) is 15.5 Å². The van der Waals surface area contributed by atoms with Gasteiger partial charge in [-0.3, -0.25) is 19.3 Å². The third-order valence-electron chi connectivity index (χ3n) is 8.71. The van der Waals surface area contributed by atoms with E-state index in [-0.39, 0.29) is 23.6 Å². The number of hydrogen-bond acceptors (Lipinski definition) is 5. The molecule has 0 aliphatic carbocycles. The SMILES string of the molecule is COc1ccccc1C(=O)C1C2CCCN2C2(C(=O)Nc3ccc(Cl)cc32)C12C(=O)Nc1ccccc12. The number of ether oxygens (including phenoxy) is 1. The maximum absolute atomic E-state index is 14.7. The van der Waals surface area contributed by atoms with Crippen molar-refractivity contribution in [2.45, 2.75) is 29.8 Å². The Morgan fingerprint density at radius 2 is 1.70 bits per heavy atom. The third kappa shape index (κ3) is 2.53. The van der Waals surface area contributed by atoms with Gasteiger partial charge in [-0.2, -0.15) is 0 Å². The zero-order valence-electron chi connectivity index (χ0n) is 20.1. The second-order valence-electron chi connectivity index (χ2n) is 10.1. The molecule has 4 unspecified atom stereocenters. The van der Waals surface area contributed by atoms with Gasteiger partial charge >= 0.3 is 0 Å². The van der Waals surface area contributed by atoms with Gasteiger partial charge in [0.25, 0.3) is 5.91 Å². The number of nitrogens with zero attached hydrogens (tertiary/aromatic N) is 1. The number of amides is 2.